The highest BCUT2D eigenvalue weighted by atomic mass is 32.2. The summed E-state index contributed by atoms with van der Waals surface area (Å²) in [7, 11) is -0.400. The molecular weight excluding hydrogens is 371 g/mol. The van der Waals surface area contributed by atoms with Gasteiger partial charge < -0.3 is 10.1 Å². The Labute approximate surface area is 159 Å². The van der Waals surface area contributed by atoms with Gasteiger partial charge in [-0.3, -0.25) is 4.79 Å². The maximum Gasteiger partial charge on any atom is 0.224 e. The number of amides is 1. The molecule has 1 amide bonds. The van der Waals surface area contributed by atoms with Gasteiger partial charge in [0, 0.05) is 26.2 Å². The molecule has 0 radical (unpaired) electrons. The Morgan fingerprint density at radius 2 is 1.85 bits per heavy atom. The van der Waals surface area contributed by atoms with Gasteiger partial charge in [-0.15, -0.1) is 0 Å². The number of halogens is 1. The van der Waals surface area contributed by atoms with E-state index < -0.39 is 10.0 Å². The number of sulfonamides is 1. The van der Waals surface area contributed by atoms with Crippen LogP contribution < -0.4 is 10.1 Å². The van der Waals surface area contributed by atoms with Crippen molar-refractivity contribution in [1.29, 1.82) is 0 Å². The van der Waals surface area contributed by atoms with Crippen molar-refractivity contribution in [2.45, 2.75) is 18.6 Å². The van der Waals surface area contributed by atoms with Crippen LogP contribution in [0.2, 0.25) is 0 Å². The number of carbonyl (C=O) groups is 1. The Morgan fingerprint density at radius 1 is 1.15 bits per heavy atom. The minimum atomic E-state index is -3.36. The lowest BCUT2D eigenvalue weighted by Crippen LogP contribution is -2.23. The molecular formula is C19H23FN2O4S. The largest absolute Gasteiger partial charge is 0.494 e. The molecule has 0 heterocycles. The van der Waals surface area contributed by atoms with Gasteiger partial charge in [-0.05, 0) is 48.4 Å². The van der Waals surface area contributed by atoms with E-state index in [1.807, 2.05) is 0 Å². The van der Waals surface area contributed by atoms with Gasteiger partial charge in [-0.25, -0.2) is 17.1 Å². The van der Waals surface area contributed by atoms with Gasteiger partial charge in [0.2, 0.25) is 15.9 Å². The molecule has 27 heavy (non-hydrogen) atoms. The smallest absolute Gasteiger partial charge is 0.224 e. The lowest BCUT2D eigenvalue weighted by atomic mass is 10.2. The number of carbonyl (C=O) groups excluding carboxylic acids is 1. The summed E-state index contributed by atoms with van der Waals surface area (Å²) in [5, 5.41) is 2.75. The van der Waals surface area contributed by atoms with Gasteiger partial charge in [0.1, 0.15) is 11.6 Å². The first-order chi connectivity index (χ1) is 12.8. The Kier molecular flexibility index (Phi) is 7.32. The molecule has 146 valence electrons. The van der Waals surface area contributed by atoms with Crippen molar-refractivity contribution in [2.75, 3.05) is 26.0 Å². The fraction of sp³-hybridized carbons (Fsp3) is 0.316. The number of anilines is 1. The van der Waals surface area contributed by atoms with E-state index in [9.17, 15) is 17.6 Å². The van der Waals surface area contributed by atoms with Crippen molar-refractivity contribution in [2.24, 2.45) is 0 Å². The zero-order chi connectivity index (χ0) is 19.9. The fourth-order valence-corrected chi connectivity index (χ4v) is 3.11. The van der Waals surface area contributed by atoms with E-state index in [2.05, 4.69) is 5.32 Å². The molecule has 2 aromatic rings. The minimum Gasteiger partial charge on any atom is -0.494 e. The molecule has 0 aromatic heterocycles. The van der Waals surface area contributed by atoms with E-state index in [1.54, 1.807) is 24.3 Å². The SMILES string of the molecule is CN(C)S(=O)(=O)Cc1cccc(NC(=O)CCCOc2ccc(F)cc2)c1. The summed E-state index contributed by atoms with van der Waals surface area (Å²) in [6.07, 6.45) is 0.749. The molecule has 8 heteroatoms. The van der Waals surface area contributed by atoms with Gasteiger partial charge >= 0.3 is 0 Å². The molecule has 1 N–H and O–H groups in total. The van der Waals surface area contributed by atoms with Crippen LogP contribution in [0.5, 0.6) is 5.75 Å². The number of hydrogen-bond acceptors (Lipinski definition) is 4. The van der Waals surface area contributed by atoms with E-state index >= 15 is 0 Å². The highest BCUT2D eigenvalue weighted by Gasteiger charge is 2.15. The summed E-state index contributed by atoms with van der Waals surface area (Å²) in [5.74, 6) is -0.103. The Balaban J connectivity index is 1.80. The van der Waals surface area contributed by atoms with Crippen molar-refractivity contribution in [3.63, 3.8) is 0 Å². The Hall–Kier alpha value is -2.45. The Bertz CT molecular complexity index is 868. The van der Waals surface area contributed by atoms with E-state index in [1.165, 1.54) is 42.7 Å². The summed E-state index contributed by atoms with van der Waals surface area (Å²) in [4.78, 5) is 12.0. The molecule has 0 unspecified atom stereocenters. The number of ether oxygens (including phenoxy) is 1. The second-order valence-corrected chi connectivity index (χ2v) is 8.38. The van der Waals surface area contributed by atoms with Crippen LogP contribution in [-0.4, -0.2) is 39.3 Å². The molecule has 2 rings (SSSR count). The van der Waals surface area contributed by atoms with Crippen molar-refractivity contribution >= 4 is 21.6 Å². The van der Waals surface area contributed by atoms with Crippen molar-refractivity contribution in [1.82, 2.24) is 4.31 Å². The highest BCUT2D eigenvalue weighted by Crippen LogP contribution is 2.15. The summed E-state index contributed by atoms with van der Waals surface area (Å²) < 4.78 is 43.3. The molecule has 0 aliphatic heterocycles. The summed E-state index contributed by atoms with van der Waals surface area (Å²) >= 11 is 0. The van der Waals surface area contributed by atoms with Gasteiger partial charge in [-0.1, -0.05) is 12.1 Å². The topological polar surface area (TPSA) is 75.7 Å². The standard InChI is InChI=1S/C19H23FN2O4S/c1-22(2)27(24,25)14-15-5-3-6-17(13-15)21-19(23)7-4-12-26-18-10-8-16(20)9-11-18/h3,5-6,8-11,13H,4,7,12,14H2,1-2H3,(H,21,23). The third-order valence-corrected chi connectivity index (χ3v) is 5.56. The average Bonchev–Trinajstić information content (AvgIpc) is 2.60. The van der Waals surface area contributed by atoms with E-state index in [-0.39, 0.29) is 23.9 Å². The quantitative estimate of drug-likeness (QED) is 0.664. The third kappa shape index (κ3) is 6.99. The van der Waals surface area contributed by atoms with Crippen LogP contribution in [0.4, 0.5) is 10.1 Å². The zero-order valence-corrected chi connectivity index (χ0v) is 16.1. The first kappa shape index (κ1) is 20.9. The van der Waals surface area contributed by atoms with Crippen molar-refractivity contribution < 1.29 is 22.3 Å². The van der Waals surface area contributed by atoms with Crippen molar-refractivity contribution in [3.8, 4) is 5.75 Å². The lowest BCUT2D eigenvalue weighted by Gasteiger charge is -2.12. The molecule has 0 saturated heterocycles. The number of hydrogen-bond donors (Lipinski definition) is 1. The van der Waals surface area contributed by atoms with E-state index in [0.717, 1.165) is 0 Å². The maximum absolute atomic E-state index is 12.8. The maximum atomic E-state index is 12.8. The highest BCUT2D eigenvalue weighted by molar-refractivity contribution is 7.88. The molecule has 0 aliphatic rings. The van der Waals surface area contributed by atoms with Crippen LogP contribution in [0.3, 0.4) is 0 Å². The zero-order valence-electron chi connectivity index (χ0n) is 15.3. The van der Waals surface area contributed by atoms with Gasteiger partial charge in [-0.2, -0.15) is 0 Å². The predicted octanol–water partition coefficient (Wildman–Crippen LogP) is 3.01. The third-order valence-electron chi connectivity index (χ3n) is 3.75. The van der Waals surface area contributed by atoms with Crippen LogP contribution in [0.15, 0.2) is 48.5 Å². The minimum absolute atomic E-state index is 0.130. The van der Waals surface area contributed by atoms with Gasteiger partial charge in [0.25, 0.3) is 0 Å². The second kappa shape index (κ2) is 9.48. The van der Waals surface area contributed by atoms with Crippen LogP contribution >= 0.6 is 0 Å². The molecule has 0 bridgehead atoms. The summed E-state index contributed by atoms with van der Waals surface area (Å²) in [5.41, 5.74) is 1.15. The first-order valence-electron chi connectivity index (χ1n) is 8.43. The number of benzene rings is 2. The van der Waals surface area contributed by atoms with Crippen LogP contribution in [0.1, 0.15) is 18.4 Å². The number of nitrogens with one attached hydrogen (secondary N) is 1. The summed E-state index contributed by atoms with van der Waals surface area (Å²) in [6.45, 7) is 0.334. The fourth-order valence-electron chi connectivity index (χ4n) is 2.26. The first-order valence-corrected chi connectivity index (χ1v) is 10.0. The Morgan fingerprint density at radius 3 is 2.52 bits per heavy atom. The lowest BCUT2D eigenvalue weighted by molar-refractivity contribution is -0.116. The molecule has 0 atom stereocenters. The van der Waals surface area contributed by atoms with Crippen LogP contribution in [-0.2, 0) is 20.6 Å². The average molecular weight is 394 g/mol. The second-order valence-electron chi connectivity index (χ2n) is 6.19. The van der Waals surface area contributed by atoms with E-state index in [0.29, 0.717) is 30.0 Å². The normalized spacial score (nSPS) is 11.4. The molecule has 0 saturated carbocycles. The van der Waals surface area contributed by atoms with Crippen molar-refractivity contribution in [3.05, 3.63) is 59.9 Å². The molecule has 0 fully saturated rings. The van der Waals surface area contributed by atoms with Gasteiger partial charge in [0.05, 0.1) is 12.4 Å². The number of nitrogens with zero attached hydrogens (tertiary/aromatic N) is 1. The predicted molar refractivity (Wildman–Crippen MR) is 103 cm³/mol. The monoisotopic (exact) mass is 394 g/mol. The molecule has 6 nitrogen and oxygen atoms in total. The van der Waals surface area contributed by atoms with E-state index in [4.69, 9.17) is 4.74 Å². The molecule has 0 spiro atoms. The van der Waals surface area contributed by atoms with Crippen LogP contribution in [0.25, 0.3) is 0 Å². The molecule has 0 aliphatic carbocycles. The molecule has 2 aromatic carbocycles. The van der Waals surface area contributed by atoms with Crippen LogP contribution in [0, 0.1) is 5.82 Å². The summed E-state index contributed by atoms with van der Waals surface area (Å²) in [6, 6.07) is 12.4. The number of rotatable bonds is 9. The van der Waals surface area contributed by atoms with Gasteiger partial charge in [0.15, 0.2) is 0 Å².